The molecule has 1 aliphatic heterocycles. The molecule has 2 rings (SSSR count). The van der Waals surface area contributed by atoms with Gasteiger partial charge in [0.05, 0.1) is 6.61 Å². The molecule has 1 unspecified atom stereocenters. The number of aliphatic hydroxyl groups is 1. The van der Waals surface area contributed by atoms with Gasteiger partial charge in [0.2, 0.25) is 6.35 Å². The van der Waals surface area contributed by atoms with E-state index < -0.39 is 24.0 Å². The van der Waals surface area contributed by atoms with Crippen LogP contribution in [0.25, 0.3) is 6.08 Å². The van der Waals surface area contributed by atoms with Gasteiger partial charge in [0, 0.05) is 24.9 Å². The van der Waals surface area contributed by atoms with Crippen molar-refractivity contribution in [3.63, 3.8) is 0 Å². The molecular formula is C19H26N2O5. The second-order valence-electron chi connectivity index (χ2n) is 6.86. The Morgan fingerprint density at radius 2 is 1.96 bits per heavy atom. The number of carbonyl (C=O) groups is 2. The molecule has 0 bridgehead atoms. The van der Waals surface area contributed by atoms with Gasteiger partial charge in [-0.15, -0.1) is 0 Å². The van der Waals surface area contributed by atoms with Crippen LogP contribution in [-0.4, -0.2) is 53.7 Å². The summed E-state index contributed by atoms with van der Waals surface area (Å²) in [7, 11) is 0. The molecular weight excluding hydrogens is 336 g/mol. The van der Waals surface area contributed by atoms with Crippen molar-refractivity contribution < 1.29 is 24.2 Å². The van der Waals surface area contributed by atoms with Crippen molar-refractivity contribution in [3.05, 3.63) is 35.9 Å². The van der Waals surface area contributed by atoms with Crippen molar-refractivity contribution in [3.8, 4) is 0 Å². The number of esters is 1. The lowest BCUT2D eigenvalue weighted by Crippen LogP contribution is -2.44. The highest BCUT2D eigenvalue weighted by Crippen LogP contribution is 2.28. The van der Waals surface area contributed by atoms with Crippen LogP contribution in [0.3, 0.4) is 0 Å². The molecule has 1 N–H and O–H groups in total. The van der Waals surface area contributed by atoms with Gasteiger partial charge < -0.3 is 19.5 Å². The van der Waals surface area contributed by atoms with Crippen molar-refractivity contribution in [2.45, 2.75) is 39.6 Å². The highest BCUT2D eigenvalue weighted by atomic mass is 16.6. The molecule has 1 heterocycles. The van der Waals surface area contributed by atoms with Gasteiger partial charge in [0.1, 0.15) is 5.60 Å². The average molecular weight is 362 g/mol. The van der Waals surface area contributed by atoms with Crippen molar-refractivity contribution >= 4 is 23.8 Å². The van der Waals surface area contributed by atoms with E-state index in [9.17, 15) is 14.7 Å². The summed E-state index contributed by atoms with van der Waals surface area (Å²) in [5, 5.41) is 10.6. The summed E-state index contributed by atoms with van der Waals surface area (Å²) in [6.07, 6.45) is 1.28. The smallest absolute Gasteiger partial charge is 0.413 e. The fourth-order valence-electron chi connectivity index (χ4n) is 2.60. The first-order valence-corrected chi connectivity index (χ1v) is 8.61. The van der Waals surface area contributed by atoms with E-state index in [1.165, 1.54) is 11.0 Å². The zero-order valence-electron chi connectivity index (χ0n) is 15.6. The molecule has 142 valence electrons. The van der Waals surface area contributed by atoms with Crippen molar-refractivity contribution in [2.24, 2.45) is 0 Å². The van der Waals surface area contributed by atoms with E-state index in [0.29, 0.717) is 25.4 Å². The summed E-state index contributed by atoms with van der Waals surface area (Å²) < 4.78 is 10.2. The van der Waals surface area contributed by atoms with E-state index >= 15 is 0 Å². The van der Waals surface area contributed by atoms with Crippen LogP contribution in [0.1, 0.15) is 33.3 Å². The molecule has 1 atom stereocenters. The summed E-state index contributed by atoms with van der Waals surface area (Å²) in [6, 6.07) is 7.32. The number of hydrogen-bond acceptors (Lipinski definition) is 6. The van der Waals surface area contributed by atoms with E-state index in [1.54, 1.807) is 38.7 Å². The van der Waals surface area contributed by atoms with E-state index in [0.717, 1.165) is 5.56 Å². The van der Waals surface area contributed by atoms with Crippen molar-refractivity contribution in [1.82, 2.24) is 4.90 Å². The summed E-state index contributed by atoms with van der Waals surface area (Å²) in [5.41, 5.74) is 0.821. The maximum absolute atomic E-state index is 12.3. The van der Waals surface area contributed by atoms with Crippen LogP contribution in [-0.2, 0) is 14.3 Å². The van der Waals surface area contributed by atoms with E-state index in [2.05, 4.69) is 0 Å². The third-order valence-corrected chi connectivity index (χ3v) is 3.70. The minimum Gasteiger partial charge on any atom is -0.463 e. The molecule has 1 fully saturated rings. The van der Waals surface area contributed by atoms with Crippen LogP contribution in [0.4, 0.5) is 10.5 Å². The summed E-state index contributed by atoms with van der Waals surface area (Å²) in [5.74, 6) is -0.431. The third-order valence-electron chi connectivity index (χ3n) is 3.70. The molecule has 0 spiro atoms. The molecule has 1 aromatic carbocycles. The number of amides is 1. The first kappa shape index (κ1) is 19.8. The first-order chi connectivity index (χ1) is 12.2. The van der Waals surface area contributed by atoms with Gasteiger partial charge in [-0.25, -0.2) is 9.59 Å². The van der Waals surface area contributed by atoms with E-state index in [1.807, 2.05) is 24.3 Å². The predicted molar refractivity (Wildman–Crippen MR) is 98.4 cm³/mol. The van der Waals surface area contributed by atoms with Crippen LogP contribution in [0.2, 0.25) is 0 Å². The minimum absolute atomic E-state index is 0.306. The molecule has 0 saturated carbocycles. The molecule has 1 saturated heterocycles. The number of hydrogen-bond donors (Lipinski definition) is 1. The molecule has 26 heavy (non-hydrogen) atoms. The van der Waals surface area contributed by atoms with Gasteiger partial charge in [0.15, 0.2) is 0 Å². The third kappa shape index (κ3) is 4.98. The topological polar surface area (TPSA) is 79.3 Å². The first-order valence-electron chi connectivity index (χ1n) is 8.61. The molecule has 7 heteroatoms. The lowest BCUT2D eigenvalue weighted by Gasteiger charge is -2.29. The Labute approximate surface area is 153 Å². The quantitative estimate of drug-likeness (QED) is 0.655. The molecule has 1 aliphatic rings. The number of benzene rings is 1. The number of ether oxygens (including phenoxy) is 2. The summed E-state index contributed by atoms with van der Waals surface area (Å²) >= 11 is 0. The molecule has 0 aromatic heterocycles. The Morgan fingerprint density at radius 1 is 1.27 bits per heavy atom. The van der Waals surface area contributed by atoms with Crippen molar-refractivity contribution in [1.29, 1.82) is 0 Å². The second kappa shape index (κ2) is 8.23. The van der Waals surface area contributed by atoms with Gasteiger partial charge in [-0.2, -0.15) is 0 Å². The standard InChI is InChI=1S/C19H26N2O5/c1-5-25-16(22)11-10-14-8-6-7-9-15(14)20-12-13-21(17(20)23)18(24)26-19(2,3)4/h6-11,17,23H,5,12-13H2,1-4H3/b11-10+. The average Bonchev–Trinajstić information content (AvgIpc) is 2.93. The van der Waals surface area contributed by atoms with Crippen molar-refractivity contribution in [2.75, 3.05) is 24.6 Å². The zero-order valence-corrected chi connectivity index (χ0v) is 15.6. The zero-order chi connectivity index (χ0) is 19.3. The van der Waals surface area contributed by atoms with Gasteiger partial charge in [-0.05, 0) is 45.4 Å². The Hall–Kier alpha value is -2.54. The summed E-state index contributed by atoms with van der Waals surface area (Å²) in [6.45, 7) is 8.17. The SMILES string of the molecule is CCOC(=O)/C=C/c1ccccc1N1CCN(C(=O)OC(C)(C)C)C1O. The fourth-order valence-corrected chi connectivity index (χ4v) is 2.60. The highest BCUT2D eigenvalue weighted by Gasteiger charge is 2.36. The molecule has 0 radical (unpaired) electrons. The normalized spacial score (nSPS) is 17.7. The van der Waals surface area contributed by atoms with Crippen LogP contribution < -0.4 is 4.90 Å². The lowest BCUT2D eigenvalue weighted by atomic mass is 10.1. The number of carbonyl (C=O) groups excluding carboxylic acids is 2. The van der Waals surface area contributed by atoms with Gasteiger partial charge >= 0.3 is 12.1 Å². The van der Waals surface area contributed by atoms with Crippen LogP contribution in [0.15, 0.2) is 30.3 Å². The number of para-hydroxylation sites is 1. The van der Waals surface area contributed by atoms with E-state index in [4.69, 9.17) is 9.47 Å². The lowest BCUT2D eigenvalue weighted by molar-refractivity contribution is -0.137. The van der Waals surface area contributed by atoms with Gasteiger partial charge in [-0.1, -0.05) is 18.2 Å². The number of aliphatic hydroxyl groups excluding tert-OH is 1. The van der Waals surface area contributed by atoms with Crippen LogP contribution >= 0.6 is 0 Å². The maximum Gasteiger partial charge on any atom is 0.413 e. The Balaban J connectivity index is 2.17. The van der Waals surface area contributed by atoms with Crippen LogP contribution in [0.5, 0.6) is 0 Å². The minimum atomic E-state index is -1.14. The number of nitrogens with zero attached hydrogens (tertiary/aromatic N) is 2. The second-order valence-corrected chi connectivity index (χ2v) is 6.86. The number of anilines is 1. The Bertz CT molecular complexity index is 681. The predicted octanol–water partition coefficient (Wildman–Crippen LogP) is 2.60. The monoisotopic (exact) mass is 362 g/mol. The molecule has 0 aliphatic carbocycles. The highest BCUT2D eigenvalue weighted by molar-refractivity contribution is 5.88. The maximum atomic E-state index is 12.3. The van der Waals surface area contributed by atoms with Crippen LogP contribution in [0, 0.1) is 0 Å². The molecule has 1 amide bonds. The Morgan fingerprint density at radius 3 is 2.62 bits per heavy atom. The van der Waals surface area contributed by atoms with Gasteiger partial charge in [0.25, 0.3) is 0 Å². The fraction of sp³-hybridized carbons (Fsp3) is 0.474. The van der Waals surface area contributed by atoms with E-state index in [-0.39, 0.29) is 0 Å². The number of rotatable bonds is 4. The van der Waals surface area contributed by atoms with Gasteiger partial charge in [-0.3, -0.25) is 4.90 Å². The molecule has 1 aromatic rings. The summed E-state index contributed by atoms with van der Waals surface area (Å²) in [4.78, 5) is 26.8. The Kier molecular flexibility index (Phi) is 6.26. The largest absolute Gasteiger partial charge is 0.463 e. The molecule has 7 nitrogen and oxygen atoms in total.